The molecule has 1 atom stereocenters. The summed E-state index contributed by atoms with van der Waals surface area (Å²) in [5.41, 5.74) is 7.15. The highest BCUT2D eigenvalue weighted by atomic mass is 79.9. The molecule has 6 heteroatoms. The van der Waals surface area contributed by atoms with Gasteiger partial charge < -0.3 is 5.73 Å². The van der Waals surface area contributed by atoms with Crippen LogP contribution >= 0.6 is 27.3 Å². The lowest BCUT2D eigenvalue weighted by Crippen LogP contribution is -2.11. The van der Waals surface area contributed by atoms with Crippen molar-refractivity contribution in [1.29, 1.82) is 0 Å². The molecule has 0 radical (unpaired) electrons. The summed E-state index contributed by atoms with van der Waals surface area (Å²) in [7, 11) is 0. The Balaban J connectivity index is 2.27. The number of alkyl halides is 3. The first-order chi connectivity index (χ1) is 8.79. The topological polar surface area (TPSA) is 26.0 Å². The fourth-order valence-electron chi connectivity index (χ4n) is 1.68. The minimum absolute atomic E-state index is 0.405. The summed E-state index contributed by atoms with van der Waals surface area (Å²) in [5, 5.41) is 0. The molecule has 2 N–H and O–H groups in total. The minimum atomic E-state index is -4.31. The Morgan fingerprint density at radius 3 is 2.21 bits per heavy atom. The van der Waals surface area contributed by atoms with Crippen LogP contribution < -0.4 is 5.73 Å². The number of hydrogen-bond acceptors (Lipinski definition) is 2. The second kappa shape index (κ2) is 5.26. The number of benzene rings is 1. The molecular weight excluding hydrogens is 339 g/mol. The van der Waals surface area contributed by atoms with E-state index in [4.69, 9.17) is 5.73 Å². The second-order valence-electron chi connectivity index (χ2n) is 4.20. The summed E-state index contributed by atoms with van der Waals surface area (Å²) in [6.45, 7) is 1.95. The van der Waals surface area contributed by atoms with Gasteiger partial charge in [-0.15, -0.1) is 11.3 Å². The number of halogens is 4. The van der Waals surface area contributed by atoms with Crippen LogP contribution in [-0.4, -0.2) is 0 Å². The molecule has 102 valence electrons. The largest absolute Gasteiger partial charge is 0.416 e. The fourth-order valence-corrected chi connectivity index (χ4v) is 3.28. The molecule has 0 amide bonds. The molecule has 0 aliphatic rings. The standard InChI is InChI=1S/C13H11BrF3NS/c1-7-6-10(19-12(7)14)11(18)8-2-4-9(5-3-8)13(15,16)17/h2-6,11H,18H2,1H3. The van der Waals surface area contributed by atoms with Gasteiger partial charge in [0.25, 0.3) is 0 Å². The Labute approximate surface area is 121 Å². The lowest BCUT2D eigenvalue weighted by Gasteiger charge is -2.12. The molecule has 1 unspecified atom stereocenters. The van der Waals surface area contributed by atoms with Crippen molar-refractivity contribution in [3.8, 4) is 0 Å². The molecule has 2 rings (SSSR count). The second-order valence-corrected chi connectivity index (χ2v) is 6.60. The van der Waals surface area contributed by atoms with Crippen molar-refractivity contribution in [2.75, 3.05) is 0 Å². The van der Waals surface area contributed by atoms with Crippen LogP contribution in [0, 0.1) is 6.92 Å². The summed E-state index contributed by atoms with van der Waals surface area (Å²) in [6, 6.07) is 6.51. The normalized spacial score (nSPS) is 13.6. The van der Waals surface area contributed by atoms with E-state index in [1.807, 2.05) is 13.0 Å². The predicted octanol–water partition coefficient (Wildman–Crippen LogP) is 4.89. The van der Waals surface area contributed by atoms with E-state index in [9.17, 15) is 13.2 Å². The zero-order valence-corrected chi connectivity index (χ0v) is 12.4. The van der Waals surface area contributed by atoms with Crippen LogP contribution in [0.2, 0.25) is 0 Å². The van der Waals surface area contributed by atoms with Crippen molar-refractivity contribution in [1.82, 2.24) is 0 Å². The zero-order chi connectivity index (χ0) is 14.2. The molecule has 0 saturated heterocycles. The molecular formula is C13H11BrF3NS. The first-order valence-corrected chi connectivity index (χ1v) is 7.08. The third-order valence-electron chi connectivity index (χ3n) is 2.78. The number of nitrogens with two attached hydrogens (primary N) is 1. The van der Waals surface area contributed by atoms with Crippen LogP contribution in [0.1, 0.15) is 27.6 Å². The number of hydrogen-bond donors (Lipinski definition) is 1. The Morgan fingerprint density at radius 1 is 1.21 bits per heavy atom. The van der Waals surface area contributed by atoms with E-state index in [0.717, 1.165) is 26.4 Å². The van der Waals surface area contributed by atoms with Gasteiger partial charge in [-0.25, -0.2) is 0 Å². The van der Waals surface area contributed by atoms with Crippen molar-refractivity contribution in [2.24, 2.45) is 5.73 Å². The van der Waals surface area contributed by atoms with Crippen LogP contribution in [0.3, 0.4) is 0 Å². The van der Waals surface area contributed by atoms with Gasteiger partial charge in [0.05, 0.1) is 15.4 Å². The minimum Gasteiger partial charge on any atom is -0.320 e. The summed E-state index contributed by atoms with van der Waals surface area (Å²) in [4.78, 5) is 0.920. The van der Waals surface area contributed by atoms with E-state index < -0.39 is 17.8 Å². The predicted molar refractivity (Wildman–Crippen MR) is 74.2 cm³/mol. The van der Waals surface area contributed by atoms with Gasteiger partial charge in [-0.3, -0.25) is 0 Å². The quantitative estimate of drug-likeness (QED) is 0.820. The maximum absolute atomic E-state index is 12.5. The Kier molecular flexibility index (Phi) is 4.03. The van der Waals surface area contributed by atoms with Crippen molar-refractivity contribution in [3.05, 3.63) is 55.7 Å². The smallest absolute Gasteiger partial charge is 0.320 e. The van der Waals surface area contributed by atoms with Crippen LogP contribution in [0.5, 0.6) is 0 Å². The first-order valence-electron chi connectivity index (χ1n) is 5.47. The highest BCUT2D eigenvalue weighted by Crippen LogP contribution is 2.34. The van der Waals surface area contributed by atoms with Crippen LogP contribution in [-0.2, 0) is 6.18 Å². The highest BCUT2D eigenvalue weighted by Gasteiger charge is 2.30. The van der Waals surface area contributed by atoms with Gasteiger partial charge in [0.2, 0.25) is 0 Å². The molecule has 0 aliphatic heterocycles. The Bertz CT molecular complexity index is 555. The average Bonchev–Trinajstić information content (AvgIpc) is 2.68. The first kappa shape index (κ1) is 14.6. The van der Waals surface area contributed by atoms with Gasteiger partial charge >= 0.3 is 6.18 Å². The molecule has 1 aromatic heterocycles. The zero-order valence-electron chi connectivity index (χ0n) is 9.96. The molecule has 0 saturated carbocycles. The molecule has 1 nitrogen and oxygen atoms in total. The van der Waals surface area contributed by atoms with E-state index in [0.29, 0.717) is 5.56 Å². The molecule has 1 aromatic carbocycles. The van der Waals surface area contributed by atoms with E-state index >= 15 is 0 Å². The van der Waals surface area contributed by atoms with E-state index in [-0.39, 0.29) is 0 Å². The van der Waals surface area contributed by atoms with E-state index in [2.05, 4.69) is 15.9 Å². The van der Waals surface area contributed by atoms with Gasteiger partial charge in [-0.1, -0.05) is 12.1 Å². The Hall–Kier alpha value is -0.850. The third kappa shape index (κ3) is 3.19. The number of thiophene rings is 1. The average molecular weight is 350 g/mol. The van der Waals surface area contributed by atoms with Gasteiger partial charge in [-0.05, 0) is 52.2 Å². The van der Waals surface area contributed by atoms with E-state index in [1.165, 1.54) is 23.5 Å². The molecule has 2 aromatic rings. The maximum Gasteiger partial charge on any atom is 0.416 e. The van der Waals surface area contributed by atoms with Crippen LogP contribution in [0.4, 0.5) is 13.2 Å². The third-order valence-corrected chi connectivity index (χ3v) is 5.00. The molecule has 0 spiro atoms. The van der Waals surface area contributed by atoms with E-state index in [1.54, 1.807) is 0 Å². The lowest BCUT2D eigenvalue weighted by atomic mass is 10.0. The van der Waals surface area contributed by atoms with Gasteiger partial charge in [0.1, 0.15) is 0 Å². The van der Waals surface area contributed by atoms with Crippen molar-refractivity contribution < 1.29 is 13.2 Å². The molecule has 19 heavy (non-hydrogen) atoms. The SMILES string of the molecule is Cc1cc(C(N)c2ccc(C(F)(F)F)cc2)sc1Br. The van der Waals surface area contributed by atoms with Crippen molar-refractivity contribution in [2.45, 2.75) is 19.1 Å². The van der Waals surface area contributed by atoms with Gasteiger partial charge in [-0.2, -0.15) is 13.2 Å². The highest BCUT2D eigenvalue weighted by molar-refractivity contribution is 9.11. The number of rotatable bonds is 2. The summed E-state index contributed by atoms with van der Waals surface area (Å²) in [5.74, 6) is 0. The molecule has 0 aliphatic carbocycles. The van der Waals surface area contributed by atoms with Gasteiger partial charge in [0.15, 0.2) is 0 Å². The summed E-state index contributed by atoms with van der Waals surface area (Å²) >= 11 is 4.91. The molecule has 0 fully saturated rings. The summed E-state index contributed by atoms with van der Waals surface area (Å²) in [6.07, 6.45) is -4.31. The van der Waals surface area contributed by atoms with Crippen LogP contribution in [0.15, 0.2) is 34.1 Å². The van der Waals surface area contributed by atoms with Crippen molar-refractivity contribution >= 4 is 27.3 Å². The monoisotopic (exact) mass is 349 g/mol. The fraction of sp³-hybridized carbons (Fsp3) is 0.231. The number of aryl methyl sites for hydroxylation is 1. The van der Waals surface area contributed by atoms with Crippen molar-refractivity contribution in [3.63, 3.8) is 0 Å². The Morgan fingerprint density at radius 2 is 1.79 bits per heavy atom. The molecule has 0 bridgehead atoms. The maximum atomic E-state index is 12.5. The van der Waals surface area contributed by atoms with Crippen LogP contribution in [0.25, 0.3) is 0 Å². The van der Waals surface area contributed by atoms with Gasteiger partial charge in [0, 0.05) is 4.88 Å². The summed E-state index contributed by atoms with van der Waals surface area (Å²) < 4.78 is 38.4. The molecule has 1 heterocycles. The lowest BCUT2D eigenvalue weighted by molar-refractivity contribution is -0.137.